The molecule has 0 spiro atoms. The van der Waals surface area contributed by atoms with E-state index < -0.39 is 18.8 Å². The second kappa shape index (κ2) is 10.1. The Morgan fingerprint density at radius 2 is 1.94 bits per heavy atom. The number of ketones is 1. The lowest BCUT2D eigenvalue weighted by Gasteiger charge is -2.16. The van der Waals surface area contributed by atoms with E-state index in [0.29, 0.717) is 22.5 Å². The standard InChI is InChI=1S/C23H26F3N3O3/c1-14-9-18(10-19(28-14)11-20(30)16-5-3-4-6-16)22(31)29-15(2)17-7-8-21(27-12-17)32-13-23(24,25)26/h7-10,12,15-16H,3-6,11,13H2,1-2H3,(H,29,31). The molecule has 0 aromatic carbocycles. The van der Waals surface area contributed by atoms with Crippen LogP contribution < -0.4 is 10.1 Å². The summed E-state index contributed by atoms with van der Waals surface area (Å²) in [5, 5.41) is 2.84. The molecule has 2 heterocycles. The number of aryl methyl sites for hydroxylation is 1. The molecule has 2 aromatic heterocycles. The van der Waals surface area contributed by atoms with Crippen LogP contribution in [-0.4, -0.2) is 34.4 Å². The highest BCUT2D eigenvalue weighted by molar-refractivity contribution is 5.95. The lowest BCUT2D eigenvalue weighted by molar-refractivity contribution is -0.154. The molecule has 172 valence electrons. The summed E-state index contributed by atoms with van der Waals surface area (Å²) < 4.78 is 41.3. The van der Waals surface area contributed by atoms with Crippen molar-refractivity contribution in [3.05, 3.63) is 53.0 Å². The summed E-state index contributed by atoms with van der Waals surface area (Å²) in [4.78, 5) is 33.5. The molecule has 6 nitrogen and oxygen atoms in total. The van der Waals surface area contributed by atoms with E-state index in [1.165, 1.54) is 12.3 Å². The van der Waals surface area contributed by atoms with E-state index in [-0.39, 0.29) is 29.9 Å². The SMILES string of the molecule is Cc1cc(C(=O)NC(C)c2ccc(OCC(F)(F)F)nc2)cc(CC(=O)C2CCCC2)n1. The summed E-state index contributed by atoms with van der Waals surface area (Å²) in [6.07, 6.45) is 1.13. The summed E-state index contributed by atoms with van der Waals surface area (Å²) in [6.45, 7) is 2.09. The van der Waals surface area contributed by atoms with Crippen LogP contribution in [-0.2, 0) is 11.2 Å². The molecule has 1 unspecified atom stereocenters. The van der Waals surface area contributed by atoms with Crippen molar-refractivity contribution in [3.8, 4) is 5.88 Å². The molecule has 9 heteroatoms. The van der Waals surface area contributed by atoms with E-state index >= 15 is 0 Å². The number of hydrogen-bond acceptors (Lipinski definition) is 5. The van der Waals surface area contributed by atoms with Crippen molar-refractivity contribution in [2.45, 2.75) is 58.2 Å². The van der Waals surface area contributed by atoms with Gasteiger partial charge in [-0.05, 0) is 44.4 Å². The van der Waals surface area contributed by atoms with Gasteiger partial charge in [-0.25, -0.2) is 4.98 Å². The van der Waals surface area contributed by atoms with Gasteiger partial charge in [0, 0.05) is 41.6 Å². The zero-order chi connectivity index (χ0) is 23.3. The number of hydrogen-bond donors (Lipinski definition) is 1. The van der Waals surface area contributed by atoms with Crippen molar-refractivity contribution >= 4 is 11.7 Å². The third-order valence-electron chi connectivity index (χ3n) is 5.43. The van der Waals surface area contributed by atoms with E-state index in [4.69, 9.17) is 0 Å². The van der Waals surface area contributed by atoms with Crippen LogP contribution in [0.2, 0.25) is 0 Å². The van der Waals surface area contributed by atoms with Crippen molar-refractivity contribution in [2.75, 3.05) is 6.61 Å². The number of halogens is 3. The number of rotatable bonds is 8. The maximum absolute atomic E-state index is 12.8. The first-order valence-corrected chi connectivity index (χ1v) is 10.6. The summed E-state index contributed by atoms with van der Waals surface area (Å²) >= 11 is 0. The summed E-state index contributed by atoms with van der Waals surface area (Å²) in [6, 6.07) is 5.72. The predicted octanol–water partition coefficient (Wildman–Crippen LogP) is 4.52. The minimum absolute atomic E-state index is 0.0881. The maximum Gasteiger partial charge on any atom is 0.422 e. The summed E-state index contributed by atoms with van der Waals surface area (Å²) in [5.41, 5.74) is 2.23. The molecule has 1 N–H and O–H groups in total. The minimum Gasteiger partial charge on any atom is -0.468 e. The van der Waals surface area contributed by atoms with Crippen LogP contribution in [0.3, 0.4) is 0 Å². The highest BCUT2D eigenvalue weighted by atomic mass is 19.4. The Hall–Kier alpha value is -2.97. The molecular formula is C23H26F3N3O3. The number of nitrogens with one attached hydrogen (secondary N) is 1. The first kappa shape index (κ1) is 23.7. The fourth-order valence-electron chi connectivity index (χ4n) is 3.78. The van der Waals surface area contributed by atoms with Gasteiger partial charge in [0.15, 0.2) is 6.61 Å². The molecule has 1 aliphatic carbocycles. The van der Waals surface area contributed by atoms with Crippen LogP contribution in [0.1, 0.15) is 66.0 Å². The summed E-state index contributed by atoms with van der Waals surface area (Å²) in [5.74, 6) is -0.231. The number of ether oxygens (including phenoxy) is 1. The Morgan fingerprint density at radius 1 is 1.22 bits per heavy atom. The minimum atomic E-state index is -4.44. The molecule has 1 atom stereocenters. The zero-order valence-electron chi connectivity index (χ0n) is 18.0. The quantitative estimate of drug-likeness (QED) is 0.641. The van der Waals surface area contributed by atoms with Gasteiger partial charge in [0.05, 0.1) is 6.04 Å². The number of carbonyl (C=O) groups is 2. The fourth-order valence-corrected chi connectivity index (χ4v) is 3.78. The maximum atomic E-state index is 12.8. The third-order valence-corrected chi connectivity index (χ3v) is 5.43. The highest BCUT2D eigenvalue weighted by Gasteiger charge is 2.28. The molecule has 1 saturated carbocycles. The molecule has 2 aromatic rings. The predicted molar refractivity (Wildman–Crippen MR) is 111 cm³/mol. The second-order valence-electron chi connectivity index (χ2n) is 8.14. The Labute approximate surface area is 184 Å². The molecule has 1 fully saturated rings. The van der Waals surface area contributed by atoms with E-state index in [0.717, 1.165) is 25.7 Å². The van der Waals surface area contributed by atoms with Crippen LogP contribution in [0, 0.1) is 12.8 Å². The normalized spacial score (nSPS) is 15.4. The van der Waals surface area contributed by atoms with Gasteiger partial charge < -0.3 is 10.1 Å². The largest absolute Gasteiger partial charge is 0.468 e. The van der Waals surface area contributed by atoms with Gasteiger partial charge in [0.25, 0.3) is 5.91 Å². The monoisotopic (exact) mass is 449 g/mol. The van der Waals surface area contributed by atoms with Gasteiger partial charge in [-0.15, -0.1) is 0 Å². The van der Waals surface area contributed by atoms with Crippen molar-refractivity contribution < 1.29 is 27.5 Å². The molecule has 0 aliphatic heterocycles. The summed E-state index contributed by atoms with van der Waals surface area (Å²) in [7, 11) is 0. The van der Waals surface area contributed by atoms with Crippen LogP contribution in [0.4, 0.5) is 13.2 Å². The Bertz CT molecular complexity index is 955. The van der Waals surface area contributed by atoms with Crippen molar-refractivity contribution in [2.24, 2.45) is 5.92 Å². The van der Waals surface area contributed by atoms with Crippen LogP contribution >= 0.6 is 0 Å². The molecular weight excluding hydrogens is 423 g/mol. The zero-order valence-corrected chi connectivity index (χ0v) is 18.0. The van der Waals surface area contributed by atoms with E-state index in [2.05, 4.69) is 20.0 Å². The first-order valence-electron chi connectivity index (χ1n) is 10.6. The van der Waals surface area contributed by atoms with Crippen LogP contribution in [0.15, 0.2) is 30.5 Å². The Morgan fingerprint density at radius 3 is 2.56 bits per heavy atom. The van der Waals surface area contributed by atoms with Gasteiger partial charge in [0.2, 0.25) is 5.88 Å². The van der Waals surface area contributed by atoms with Crippen molar-refractivity contribution in [1.29, 1.82) is 0 Å². The number of Topliss-reactive ketones (excluding diaryl/α,β-unsaturated/α-hetero) is 1. The van der Waals surface area contributed by atoms with Gasteiger partial charge in [-0.1, -0.05) is 18.9 Å². The molecule has 1 amide bonds. The Balaban J connectivity index is 1.62. The molecule has 32 heavy (non-hydrogen) atoms. The average Bonchev–Trinajstić information content (AvgIpc) is 3.26. The number of aromatic nitrogens is 2. The van der Waals surface area contributed by atoms with E-state index in [9.17, 15) is 22.8 Å². The first-order chi connectivity index (χ1) is 15.1. The van der Waals surface area contributed by atoms with Crippen molar-refractivity contribution in [1.82, 2.24) is 15.3 Å². The number of nitrogens with zero attached hydrogens (tertiary/aromatic N) is 2. The molecule has 0 bridgehead atoms. The second-order valence-corrected chi connectivity index (χ2v) is 8.14. The smallest absolute Gasteiger partial charge is 0.422 e. The lowest BCUT2D eigenvalue weighted by atomic mass is 9.98. The fraction of sp³-hybridized carbons (Fsp3) is 0.478. The topological polar surface area (TPSA) is 81.2 Å². The third kappa shape index (κ3) is 6.77. The number of pyridine rings is 2. The molecule has 1 aliphatic rings. The molecule has 3 rings (SSSR count). The Kier molecular flexibility index (Phi) is 7.48. The highest BCUT2D eigenvalue weighted by Crippen LogP contribution is 2.26. The van der Waals surface area contributed by atoms with Gasteiger partial charge in [-0.3, -0.25) is 14.6 Å². The van der Waals surface area contributed by atoms with Crippen molar-refractivity contribution in [3.63, 3.8) is 0 Å². The number of amides is 1. The van der Waals surface area contributed by atoms with Gasteiger partial charge in [0.1, 0.15) is 5.78 Å². The van der Waals surface area contributed by atoms with E-state index in [1.54, 1.807) is 32.0 Å². The molecule has 0 radical (unpaired) electrons. The van der Waals surface area contributed by atoms with Crippen LogP contribution in [0.5, 0.6) is 5.88 Å². The average molecular weight is 449 g/mol. The van der Waals surface area contributed by atoms with Crippen LogP contribution in [0.25, 0.3) is 0 Å². The van der Waals surface area contributed by atoms with E-state index in [1.807, 2.05) is 0 Å². The number of alkyl halides is 3. The van der Waals surface area contributed by atoms with Gasteiger partial charge >= 0.3 is 6.18 Å². The lowest BCUT2D eigenvalue weighted by Crippen LogP contribution is -2.27. The van der Waals surface area contributed by atoms with Gasteiger partial charge in [-0.2, -0.15) is 13.2 Å². The number of carbonyl (C=O) groups excluding carboxylic acids is 2. The molecule has 0 saturated heterocycles.